The van der Waals surface area contributed by atoms with E-state index in [-0.39, 0.29) is 25.4 Å². The van der Waals surface area contributed by atoms with Gasteiger partial charge in [-0.15, -0.1) is 0 Å². The molecule has 1 N–H and O–H groups in total. The second-order valence-corrected chi connectivity index (χ2v) is 8.46. The summed E-state index contributed by atoms with van der Waals surface area (Å²) in [5.74, 6) is -0.118. The van der Waals surface area contributed by atoms with Crippen molar-refractivity contribution >= 4 is 21.6 Å². The van der Waals surface area contributed by atoms with Gasteiger partial charge < -0.3 is 5.32 Å². The maximum absolute atomic E-state index is 12.2. The lowest BCUT2D eigenvalue weighted by molar-refractivity contribution is -0.120. The number of benzene rings is 2. The summed E-state index contributed by atoms with van der Waals surface area (Å²) in [6.45, 7) is 6.35. The second-order valence-electron chi connectivity index (χ2n) is 6.56. The Balaban J connectivity index is 2.01. The van der Waals surface area contributed by atoms with E-state index in [2.05, 4.69) is 5.32 Å². The number of nitrogens with one attached hydrogen (secondary N) is 1. The second kappa shape index (κ2) is 8.36. The van der Waals surface area contributed by atoms with E-state index >= 15 is 0 Å². The molecule has 0 aliphatic rings. The fraction of sp³-hybridized carbons (Fsp3) is 0.350. The summed E-state index contributed by atoms with van der Waals surface area (Å²) < 4.78 is 25.6. The third-order valence-corrected chi connectivity index (χ3v) is 5.62. The lowest BCUT2D eigenvalue weighted by Gasteiger charge is -2.23. The number of amides is 1. The van der Waals surface area contributed by atoms with Gasteiger partial charge in [0.25, 0.3) is 0 Å². The molecule has 0 aliphatic heterocycles. The molecule has 0 unspecified atom stereocenters. The third kappa shape index (κ3) is 5.33. The Labute approximate surface area is 156 Å². The molecule has 0 radical (unpaired) electrons. The van der Waals surface area contributed by atoms with Crippen LogP contribution in [0.25, 0.3) is 0 Å². The molecular weight excluding hydrogens is 348 g/mol. The van der Waals surface area contributed by atoms with Crippen molar-refractivity contribution in [2.75, 3.05) is 23.7 Å². The number of hydrogen-bond donors (Lipinski definition) is 1. The highest BCUT2D eigenvalue weighted by atomic mass is 32.2. The normalized spacial score (nSPS) is 11.2. The highest BCUT2D eigenvalue weighted by molar-refractivity contribution is 7.92. The summed E-state index contributed by atoms with van der Waals surface area (Å²) >= 11 is 0. The lowest BCUT2D eigenvalue weighted by atomic mass is 10.1. The Bertz CT molecular complexity index is 892. The fourth-order valence-electron chi connectivity index (χ4n) is 2.71. The Morgan fingerprint density at radius 2 is 1.69 bits per heavy atom. The van der Waals surface area contributed by atoms with Crippen molar-refractivity contribution in [3.8, 4) is 0 Å². The molecule has 0 aromatic heterocycles. The largest absolute Gasteiger partial charge is 0.354 e. The Kier molecular flexibility index (Phi) is 6.42. The number of anilines is 1. The van der Waals surface area contributed by atoms with Crippen LogP contribution in [0, 0.1) is 20.8 Å². The lowest BCUT2D eigenvalue weighted by Crippen LogP contribution is -2.38. The molecule has 2 aromatic carbocycles. The predicted molar refractivity (Wildman–Crippen MR) is 106 cm³/mol. The molecular formula is C20H26N2O3S. The van der Waals surface area contributed by atoms with Gasteiger partial charge in [0.2, 0.25) is 15.9 Å². The summed E-state index contributed by atoms with van der Waals surface area (Å²) in [7, 11) is -3.43. The number of hydrogen-bond acceptors (Lipinski definition) is 3. The van der Waals surface area contributed by atoms with Crippen LogP contribution in [0.4, 0.5) is 5.69 Å². The summed E-state index contributed by atoms with van der Waals surface area (Å²) in [5.41, 5.74) is 4.78. The molecule has 2 aromatic rings. The number of carbonyl (C=O) groups excluding carboxylic acids is 1. The van der Waals surface area contributed by atoms with Crippen LogP contribution >= 0.6 is 0 Å². The summed E-state index contributed by atoms with van der Waals surface area (Å²) in [5, 5.41) is 2.81. The van der Waals surface area contributed by atoms with Crippen LogP contribution in [-0.2, 0) is 21.2 Å². The zero-order chi connectivity index (χ0) is 19.3. The van der Waals surface area contributed by atoms with Crippen molar-refractivity contribution in [1.82, 2.24) is 5.32 Å². The van der Waals surface area contributed by atoms with Crippen molar-refractivity contribution in [3.05, 3.63) is 64.7 Å². The van der Waals surface area contributed by atoms with Crippen molar-refractivity contribution in [1.29, 1.82) is 0 Å². The van der Waals surface area contributed by atoms with Crippen LogP contribution in [0.15, 0.2) is 42.5 Å². The maximum Gasteiger partial charge on any atom is 0.232 e. The number of aryl methyl sites for hydroxylation is 3. The Morgan fingerprint density at radius 1 is 1.00 bits per heavy atom. The Hall–Kier alpha value is -2.34. The van der Waals surface area contributed by atoms with E-state index in [9.17, 15) is 13.2 Å². The smallest absolute Gasteiger partial charge is 0.232 e. The van der Waals surface area contributed by atoms with Crippen LogP contribution in [0.1, 0.15) is 22.3 Å². The highest BCUT2D eigenvalue weighted by Gasteiger charge is 2.18. The number of rotatable bonds is 7. The van der Waals surface area contributed by atoms with Crippen LogP contribution in [-0.4, -0.2) is 33.7 Å². The molecule has 0 aliphatic carbocycles. The van der Waals surface area contributed by atoms with Crippen molar-refractivity contribution in [2.24, 2.45) is 0 Å². The van der Waals surface area contributed by atoms with E-state index in [1.807, 2.05) is 57.2 Å². The van der Waals surface area contributed by atoms with Gasteiger partial charge in [0.15, 0.2) is 0 Å². The predicted octanol–water partition coefficient (Wildman–Crippen LogP) is 2.74. The molecule has 140 valence electrons. The molecule has 0 saturated carbocycles. The first-order valence-corrected chi connectivity index (χ1v) is 10.4. The van der Waals surface area contributed by atoms with Gasteiger partial charge in [-0.1, -0.05) is 30.3 Å². The quantitative estimate of drug-likeness (QED) is 0.810. The molecule has 0 heterocycles. The van der Waals surface area contributed by atoms with Crippen molar-refractivity contribution in [2.45, 2.75) is 27.2 Å². The SMILES string of the molecule is Cc1ccc(N(CCNC(=O)Cc2ccccc2C)S(C)(=O)=O)cc1C. The molecule has 1 amide bonds. The van der Waals surface area contributed by atoms with Crippen LogP contribution < -0.4 is 9.62 Å². The molecule has 0 fully saturated rings. The van der Waals surface area contributed by atoms with E-state index in [4.69, 9.17) is 0 Å². The van der Waals surface area contributed by atoms with E-state index in [1.54, 1.807) is 6.07 Å². The van der Waals surface area contributed by atoms with Gasteiger partial charge in [0.1, 0.15) is 0 Å². The Morgan fingerprint density at radius 3 is 2.31 bits per heavy atom. The molecule has 26 heavy (non-hydrogen) atoms. The minimum atomic E-state index is -3.43. The van der Waals surface area contributed by atoms with Gasteiger partial charge in [-0.3, -0.25) is 9.10 Å². The minimum Gasteiger partial charge on any atom is -0.354 e. The fourth-order valence-corrected chi connectivity index (χ4v) is 3.63. The van der Waals surface area contributed by atoms with E-state index in [0.29, 0.717) is 5.69 Å². The van der Waals surface area contributed by atoms with Crippen molar-refractivity contribution in [3.63, 3.8) is 0 Å². The summed E-state index contributed by atoms with van der Waals surface area (Å²) in [6.07, 6.45) is 1.46. The average molecular weight is 375 g/mol. The highest BCUT2D eigenvalue weighted by Crippen LogP contribution is 2.20. The summed E-state index contributed by atoms with van der Waals surface area (Å²) in [6, 6.07) is 13.3. The van der Waals surface area contributed by atoms with Gasteiger partial charge in [0, 0.05) is 6.54 Å². The van der Waals surface area contributed by atoms with E-state index < -0.39 is 10.0 Å². The topological polar surface area (TPSA) is 66.5 Å². The van der Waals surface area contributed by atoms with Crippen LogP contribution in [0.5, 0.6) is 0 Å². The monoisotopic (exact) mass is 374 g/mol. The minimum absolute atomic E-state index is 0.118. The van der Waals surface area contributed by atoms with Crippen LogP contribution in [0.2, 0.25) is 0 Å². The molecule has 0 bridgehead atoms. The van der Waals surface area contributed by atoms with Crippen molar-refractivity contribution < 1.29 is 13.2 Å². The first kappa shape index (κ1) is 20.0. The molecule has 0 spiro atoms. The van der Waals surface area contributed by atoms with Crippen LogP contribution in [0.3, 0.4) is 0 Å². The van der Waals surface area contributed by atoms with E-state index in [0.717, 1.165) is 22.3 Å². The van der Waals surface area contributed by atoms with E-state index in [1.165, 1.54) is 10.6 Å². The standard InChI is InChI=1S/C20H26N2O3S/c1-15-9-10-19(13-17(15)3)22(26(4,24)25)12-11-21-20(23)14-18-8-6-5-7-16(18)2/h5-10,13H,11-12,14H2,1-4H3,(H,21,23). The molecule has 0 saturated heterocycles. The van der Waals surface area contributed by atoms with Gasteiger partial charge in [-0.05, 0) is 55.2 Å². The average Bonchev–Trinajstić information content (AvgIpc) is 2.55. The number of carbonyl (C=O) groups is 1. The van der Waals surface area contributed by atoms with Gasteiger partial charge in [0.05, 0.1) is 24.9 Å². The maximum atomic E-state index is 12.2. The number of sulfonamides is 1. The molecule has 0 atom stereocenters. The first-order chi connectivity index (χ1) is 12.2. The summed E-state index contributed by atoms with van der Waals surface area (Å²) in [4.78, 5) is 12.2. The molecule has 5 nitrogen and oxygen atoms in total. The molecule has 6 heteroatoms. The van der Waals surface area contributed by atoms with Gasteiger partial charge in [-0.2, -0.15) is 0 Å². The zero-order valence-electron chi connectivity index (χ0n) is 15.7. The number of nitrogens with zero attached hydrogens (tertiary/aromatic N) is 1. The third-order valence-electron chi connectivity index (χ3n) is 4.43. The zero-order valence-corrected chi connectivity index (χ0v) is 16.6. The molecule has 2 rings (SSSR count). The van der Waals surface area contributed by atoms with Gasteiger partial charge >= 0.3 is 0 Å². The first-order valence-electron chi connectivity index (χ1n) is 8.54. The van der Waals surface area contributed by atoms with Gasteiger partial charge in [-0.25, -0.2) is 8.42 Å².